The number of thioether (sulfide) groups is 2. The lowest BCUT2D eigenvalue weighted by atomic mass is 10.2. The Hall–Kier alpha value is -0.620. The van der Waals surface area contributed by atoms with Gasteiger partial charge in [-0.3, -0.25) is 0 Å². The van der Waals surface area contributed by atoms with Crippen molar-refractivity contribution in [2.45, 2.75) is 24.5 Å². The highest BCUT2D eigenvalue weighted by Crippen LogP contribution is 2.27. The molecule has 1 saturated heterocycles. The molecule has 0 aliphatic carbocycles. The molecule has 100 valence electrons. The summed E-state index contributed by atoms with van der Waals surface area (Å²) >= 11 is 3.61. The lowest BCUT2D eigenvalue weighted by Gasteiger charge is -2.25. The number of anilines is 2. The fourth-order valence-corrected chi connectivity index (χ4v) is 3.61. The Morgan fingerprint density at radius 1 is 1.56 bits per heavy atom. The third-order valence-electron chi connectivity index (χ3n) is 3.05. The predicted molar refractivity (Wildman–Crippen MR) is 82.1 cm³/mol. The lowest BCUT2D eigenvalue weighted by Crippen LogP contribution is -2.32. The van der Waals surface area contributed by atoms with Gasteiger partial charge in [0.2, 0.25) is 0 Å². The van der Waals surface area contributed by atoms with Crippen LogP contribution in [0.15, 0.2) is 11.2 Å². The Labute approximate surface area is 117 Å². The molecule has 18 heavy (non-hydrogen) atoms. The van der Waals surface area contributed by atoms with Crippen molar-refractivity contribution in [1.82, 2.24) is 9.97 Å². The van der Waals surface area contributed by atoms with Crippen LogP contribution < -0.4 is 10.2 Å². The number of hydrogen-bond acceptors (Lipinski definition) is 6. The number of hydrogen-bond donors (Lipinski definition) is 1. The van der Waals surface area contributed by atoms with Gasteiger partial charge in [-0.25, -0.2) is 9.97 Å². The van der Waals surface area contributed by atoms with E-state index in [0.717, 1.165) is 23.3 Å². The number of nitrogens with one attached hydrogen (secondary N) is 1. The van der Waals surface area contributed by atoms with Gasteiger partial charge >= 0.3 is 0 Å². The summed E-state index contributed by atoms with van der Waals surface area (Å²) in [6.45, 7) is 2.96. The lowest BCUT2D eigenvalue weighted by molar-refractivity contribution is 0.685. The molecule has 0 radical (unpaired) electrons. The summed E-state index contributed by atoms with van der Waals surface area (Å²) in [5.41, 5.74) is 0. The van der Waals surface area contributed by atoms with Crippen LogP contribution in [0.25, 0.3) is 0 Å². The van der Waals surface area contributed by atoms with Crippen LogP contribution in [0.3, 0.4) is 0 Å². The minimum Gasteiger partial charge on any atom is -0.370 e. The van der Waals surface area contributed by atoms with Crippen LogP contribution in [-0.2, 0) is 0 Å². The van der Waals surface area contributed by atoms with Crippen molar-refractivity contribution in [2.24, 2.45) is 0 Å². The van der Waals surface area contributed by atoms with E-state index in [2.05, 4.69) is 34.2 Å². The topological polar surface area (TPSA) is 41.0 Å². The molecule has 1 fully saturated rings. The molecule has 0 spiro atoms. The predicted octanol–water partition coefficient (Wildman–Crippen LogP) is 2.57. The molecule has 1 atom stereocenters. The fourth-order valence-electron chi connectivity index (χ4n) is 1.97. The number of aromatic nitrogens is 2. The summed E-state index contributed by atoms with van der Waals surface area (Å²) in [6, 6.07) is 2.65. The minimum absolute atomic E-state index is 0.606. The Morgan fingerprint density at radius 3 is 3.00 bits per heavy atom. The smallest absolute Gasteiger partial charge is 0.191 e. The van der Waals surface area contributed by atoms with Gasteiger partial charge in [-0.2, -0.15) is 11.8 Å². The quantitative estimate of drug-likeness (QED) is 0.662. The van der Waals surface area contributed by atoms with Crippen LogP contribution in [0.4, 0.5) is 11.6 Å². The van der Waals surface area contributed by atoms with Crippen molar-refractivity contribution in [1.29, 1.82) is 0 Å². The molecular formula is C12H20N4S2. The van der Waals surface area contributed by atoms with Gasteiger partial charge in [0.25, 0.3) is 0 Å². The highest BCUT2D eigenvalue weighted by molar-refractivity contribution is 7.99. The van der Waals surface area contributed by atoms with E-state index >= 15 is 0 Å². The SMILES string of the molecule is CCNc1cc(N(C)C2CCSC2)nc(SC)n1. The van der Waals surface area contributed by atoms with Crippen LogP contribution in [0.1, 0.15) is 13.3 Å². The van der Waals surface area contributed by atoms with Crippen LogP contribution in [0.5, 0.6) is 0 Å². The van der Waals surface area contributed by atoms with E-state index in [0.29, 0.717) is 6.04 Å². The second-order valence-corrected chi connectivity index (χ2v) is 6.18. The van der Waals surface area contributed by atoms with Gasteiger partial charge in [0.05, 0.1) is 0 Å². The summed E-state index contributed by atoms with van der Waals surface area (Å²) in [5, 5.41) is 4.11. The van der Waals surface area contributed by atoms with Crippen molar-refractivity contribution in [3.63, 3.8) is 0 Å². The third kappa shape index (κ3) is 3.23. The third-order valence-corrected chi connectivity index (χ3v) is 4.74. The standard InChI is InChI=1S/C12H20N4S2/c1-4-13-10-7-11(15-12(14-10)17-3)16(2)9-5-6-18-8-9/h7,9H,4-6,8H2,1-3H3,(H,13,14,15). The summed E-state index contributed by atoms with van der Waals surface area (Å²) in [5.74, 6) is 4.41. The molecule has 1 aromatic heterocycles. The van der Waals surface area contributed by atoms with E-state index in [-0.39, 0.29) is 0 Å². The molecule has 2 rings (SSSR count). The fraction of sp³-hybridized carbons (Fsp3) is 0.667. The summed E-state index contributed by atoms with van der Waals surface area (Å²) in [6.07, 6.45) is 3.26. The van der Waals surface area contributed by atoms with E-state index < -0.39 is 0 Å². The molecule has 6 heteroatoms. The molecule has 1 N–H and O–H groups in total. The van der Waals surface area contributed by atoms with Crippen molar-refractivity contribution in [3.8, 4) is 0 Å². The average molecular weight is 284 g/mol. The van der Waals surface area contributed by atoms with Crippen molar-refractivity contribution < 1.29 is 0 Å². The van der Waals surface area contributed by atoms with Gasteiger partial charge in [-0.1, -0.05) is 11.8 Å². The van der Waals surface area contributed by atoms with E-state index in [1.54, 1.807) is 11.8 Å². The summed E-state index contributed by atoms with van der Waals surface area (Å²) in [4.78, 5) is 11.4. The van der Waals surface area contributed by atoms with E-state index in [4.69, 9.17) is 0 Å². The zero-order chi connectivity index (χ0) is 13.0. The molecule has 1 unspecified atom stereocenters. The first kappa shape index (κ1) is 13.8. The second-order valence-electron chi connectivity index (χ2n) is 4.26. The Balaban J connectivity index is 2.21. The molecule has 0 aromatic carbocycles. The van der Waals surface area contributed by atoms with E-state index in [1.807, 2.05) is 24.1 Å². The first-order valence-corrected chi connectivity index (χ1v) is 8.60. The largest absolute Gasteiger partial charge is 0.370 e. The normalized spacial score (nSPS) is 18.9. The molecule has 1 aliphatic rings. The van der Waals surface area contributed by atoms with Gasteiger partial charge in [0, 0.05) is 31.5 Å². The second kappa shape index (κ2) is 6.52. The average Bonchev–Trinajstić information content (AvgIpc) is 2.91. The zero-order valence-electron chi connectivity index (χ0n) is 11.1. The van der Waals surface area contributed by atoms with Crippen LogP contribution in [0.2, 0.25) is 0 Å². The molecule has 2 heterocycles. The van der Waals surface area contributed by atoms with Gasteiger partial charge in [0.1, 0.15) is 11.6 Å². The van der Waals surface area contributed by atoms with E-state index in [9.17, 15) is 0 Å². The Morgan fingerprint density at radius 2 is 2.39 bits per heavy atom. The zero-order valence-corrected chi connectivity index (χ0v) is 12.8. The number of rotatable bonds is 5. The summed E-state index contributed by atoms with van der Waals surface area (Å²) < 4.78 is 0. The maximum atomic E-state index is 4.61. The first-order chi connectivity index (χ1) is 8.74. The van der Waals surface area contributed by atoms with Crippen LogP contribution in [-0.4, -0.2) is 47.4 Å². The van der Waals surface area contributed by atoms with Crippen molar-refractivity contribution in [2.75, 3.05) is 41.6 Å². The molecule has 4 nitrogen and oxygen atoms in total. The molecule has 0 bridgehead atoms. The summed E-state index contributed by atoms with van der Waals surface area (Å²) in [7, 11) is 2.14. The molecule has 1 aliphatic heterocycles. The van der Waals surface area contributed by atoms with Crippen molar-refractivity contribution >= 4 is 35.2 Å². The van der Waals surface area contributed by atoms with Gasteiger partial charge < -0.3 is 10.2 Å². The van der Waals surface area contributed by atoms with Crippen LogP contribution >= 0.6 is 23.5 Å². The molecule has 0 amide bonds. The van der Waals surface area contributed by atoms with Gasteiger partial charge in [-0.15, -0.1) is 0 Å². The highest BCUT2D eigenvalue weighted by atomic mass is 32.2. The van der Waals surface area contributed by atoms with E-state index in [1.165, 1.54) is 17.9 Å². The molecular weight excluding hydrogens is 264 g/mol. The molecule has 1 aromatic rings. The van der Waals surface area contributed by atoms with Gasteiger partial charge in [-0.05, 0) is 25.4 Å². The number of nitrogens with zero attached hydrogens (tertiary/aromatic N) is 3. The monoisotopic (exact) mass is 284 g/mol. The maximum Gasteiger partial charge on any atom is 0.191 e. The van der Waals surface area contributed by atoms with Gasteiger partial charge in [0.15, 0.2) is 5.16 Å². The Kier molecular flexibility index (Phi) is 5.00. The highest BCUT2D eigenvalue weighted by Gasteiger charge is 2.21. The Bertz CT molecular complexity index is 394. The van der Waals surface area contributed by atoms with Crippen LogP contribution in [0, 0.1) is 0 Å². The van der Waals surface area contributed by atoms with Crippen molar-refractivity contribution in [3.05, 3.63) is 6.07 Å². The molecule has 0 saturated carbocycles. The first-order valence-electron chi connectivity index (χ1n) is 6.22. The minimum atomic E-state index is 0.606. The maximum absolute atomic E-state index is 4.61.